The van der Waals surface area contributed by atoms with Crippen LogP contribution in [0.25, 0.3) is 0 Å². The Morgan fingerprint density at radius 1 is 1.12 bits per heavy atom. The Kier molecular flexibility index (Phi) is 15.4. The fourth-order valence-electron chi connectivity index (χ4n) is 3.47. The summed E-state index contributed by atoms with van der Waals surface area (Å²) in [5.74, 6) is 2.10. The van der Waals surface area contributed by atoms with Gasteiger partial charge in [0.15, 0.2) is 11.5 Å². The van der Waals surface area contributed by atoms with Gasteiger partial charge in [0.2, 0.25) is 6.41 Å². The van der Waals surface area contributed by atoms with Crippen molar-refractivity contribution in [3.05, 3.63) is 23.8 Å². The molecule has 1 rings (SSSR count). The SMILES string of the molecule is COCCCOc1cc(C[C@@H](C[C@H](N)[C@@H](O)CN(C=O)C(C)C)C(C)C)ccc1OC.Cl. The standard InChI is InChI=1S/C24H42N2O5.ClH/c1-17(2)20(14-21(25)22(28)15-26(16-27)18(3)4)12-19-8-9-23(30-6)24(13-19)31-11-7-10-29-5;/h8-9,13,16-18,20-22,28H,7,10-12,14-15,25H2,1-6H3;1H/t20-,21-,22-;/m0./s1. The van der Waals surface area contributed by atoms with E-state index >= 15 is 0 Å². The smallest absolute Gasteiger partial charge is 0.210 e. The molecular weight excluding hydrogens is 432 g/mol. The molecule has 3 atom stereocenters. The fraction of sp³-hybridized carbons (Fsp3) is 0.708. The van der Waals surface area contributed by atoms with E-state index in [1.54, 1.807) is 19.1 Å². The molecule has 0 fully saturated rings. The van der Waals surface area contributed by atoms with E-state index in [0.29, 0.717) is 31.3 Å². The highest BCUT2D eigenvalue weighted by Crippen LogP contribution is 2.31. The predicted molar refractivity (Wildman–Crippen MR) is 131 cm³/mol. The van der Waals surface area contributed by atoms with Crippen LogP contribution in [0.15, 0.2) is 18.2 Å². The van der Waals surface area contributed by atoms with E-state index in [4.69, 9.17) is 19.9 Å². The molecule has 1 amide bonds. The number of aliphatic hydroxyl groups is 1. The second kappa shape index (κ2) is 16.1. The molecule has 0 bridgehead atoms. The molecule has 0 saturated carbocycles. The van der Waals surface area contributed by atoms with Gasteiger partial charge in [-0.05, 0) is 56.2 Å². The normalized spacial score (nSPS) is 13.9. The van der Waals surface area contributed by atoms with Crippen molar-refractivity contribution in [1.82, 2.24) is 4.90 Å². The number of amides is 1. The highest BCUT2D eigenvalue weighted by Gasteiger charge is 2.25. The molecule has 32 heavy (non-hydrogen) atoms. The second-order valence-corrected chi connectivity index (χ2v) is 8.75. The van der Waals surface area contributed by atoms with E-state index in [9.17, 15) is 9.90 Å². The molecule has 3 N–H and O–H groups in total. The Labute approximate surface area is 200 Å². The van der Waals surface area contributed by atoms with Crippen LogP contribution in [0.5, 0.6) is 11.5 Å². The van der Waals surface area contributed by atoms with E-state index in [1.807, 2.05) is 32.0 Å². The highest BCUT2D eigenvalue weighted by molar-refractivity contribution is 5.85. The van der Waals surface area contributed by atoms with E-state index in [0.717, 1.165) is 30.6 Å². The first-order valence-corrected chi connectivity index (χ1v) is 11.2. The van der Waals surface area contributed by atoms with Gasteiger partial charge >= 0.3 is 0 Å². The number of carbonyl (C=O) groups excluding carboxylic acids is 1. The van der Waals surface area contributed by atoms with Crippen LogP contribution in [0, 0.1) is 11.8 Å². The van der Waals surface area contributed by atoms with Gasteiger partial charge in [0.1, 0.15) is 0 Å². The van der Waals surface area contributed by atoms with Crippen molar-refractivity contribution in [3.8, 4) is 11.5 Å². The first kappa shape index (κ1) is 30.5. The van der Waals surface area contributed by atoms with E-state index < -0.39 is 12.1 Å². The average Bonchev–Trinajstić information content (AvgIpc) is 2.74. The van der Waals surface area contributed by atoms with Crippen LogP contribution in [0.1, 0.15) is 46.1 Å². The molecule has 0 aliphatic rings. The maximum Gasteiger partial charge on any atom is 0.210 e. The van der Waals surface area contributed by atoms with Crippen molar-refractivity contribution in [2.45, 2.75) is 65.1 Å². The lowest BCUT2D eigenvalue weighted by molar-refractivity contribution is -0.121. The number of hydrogen-bond donors (Lipinski definition) is 2. The molecule has 0 heterocycles. The van der Waals surface area contributed by atoms with Gasteiger partial charge in [0.05, 0.1) is 19.8 Å². The van der Waals surface area contributed by atoms with Gasteiger partial charge in [-0.15, -0.1) is 12.4 Å². The highest BCUT2D eigenvalue weighted by atomic mass is 35.5. The number of rotatable bonds is 16. The van der Waals surface area contributed by atoms with Gasteiger partial charge in [0, 0.05) is 38.8 Å². The minimum Gasteiger partial charge on any atom is -0.493 e. The van der Waals surface area contributed by atoms with Crippen molar-refractivity contribution < 1.29 is 24.1 Å². The van der Waals surface area contributed by atoms with Crippen molar-refractivity contribution in [1.29, 1.82) is 0 Å². The van der Waals surface area contributed by atoms with Crippen LogP contribution in [0.4, 0.5) is 0 Å². The summed E-state index contributed by atoms with van der Waals surface area (Å²) < 4.78 is 16.4. The Hall–Kier alpha value is -1.54. The summed E-state index contributed by atoms with van der Waals surface area (Å²) in [4.78, 5) is 12.8. The number of ether oxygens (including phenoxy) is 3. The van der Waals surface area contributed by atoms with Crippen LogP contribution in [-0.2, 0) is 16.0 Å². The number of halogens is 1. The lowest BCUT2D eigenvalue weighted by Crippen LogP contribution is -2.46. The topological polar surface area (TPSA) is 94.3 Å². The molecule has 0 aromatic heterocycles. The molecule has 0 saturated heterocycles. The lowest BCUT2D eigenvalue weighted by Gasteiger charge is -2.31. The van der Waals surface area contributed by atoms with Crippen LogP contribution in [0.3, 0.4) is 0 Å². The summed E-state index contributed by atoms with van der Waals surface area (Å²) in [5, 5.41) is 10.5. The molecule has 0 aliphatic heterocycles. The van der Waals surface area contributed by atoms with Crippen molar-refractivity contribution >= 4 is 18.8 Å². The van der Waals surface area contributed by atoms with Gasteiger partial charge in [-0.25, -0.2) is 0 Å². The summed E-state index contributed by atoms with van der Waals surface area (Å²) >= 11 is 0. The molecule has 186 valence electrons. The summed E-state index contributed by atoms with van der Waals surface area (Å²) in [6.45, 7) is 9.62. The third kappa shape index (κ3) is 10.4. The summed E-state index contributed by atoms with van der Waals surface area (Å²) in [6, 6.07) is 5.62. The molecule has 0 unspecified atom stereocenters. The average molecular weight is 475 g/mol. The third-order valence-electron chi connectivity index (χ3n) is 5.68. The van der Waals surface area contributed by atoms with Gasteiger partial charge < -0.3 is 30.0 Å². The van der Waals surface area contributed by atoms with E-state index in [-0.39, 0.29) is 30.9 Å². The van der Waals surface area contributed by atoms with Crippen LogP contribution < -0.4 is 15.2 Å². The predicted octanol–water partition coefficient (Wildman–Crippen LogP) is 3.29. The van der Waals surface area contributed by atoms with Crippen molar-refractivity contribution in [2.24, 2.45) is 17.6 Å². The number of nitrogens with two attached hydrogens (primary N) is 1. The molecule has 0 spiro atoms. The quantitative estimate of drug-likeness (QED) is 0.282. The maximum absolute atomic E-state index is 11.2. The first-order chi connectivity index (χ1) is 14.7. The second-order valence-electron chi connectivity index (χ2n) is 8.75. The minimum absolute atomic E-state index is 0. The minimum atomic E-state index is -0.760. The van der Waals surface area contributed by atoms with Gasteiger partial charge in [-0.2, -0.15) is 0 Å². The first-order valence-electron chi connectivity index (χ1n) is 11.2. The summed E-state index contributed by atoms with van der Waals surface area (Å²) in [5.41, 5.74) is 7.47. The number of nitrogens with zero attached hydrogens (tertiary/aromatic N) is 1. The van der Waals surface area contributed by atoms with Crippen molar-refractivity contribution in [3.63, 3.8) is 0 Å². The Morgan fingerprint density at radius 3 is 2.34 bits per heavy atom. The molecule has 7 nitrogen and oxygen atoms in total. The molecule has 1 aromatic rings. The fourth-order valence-corrected chi connectivity index (χ4v) is 3.47. The summed E-state index contributed by atoms with van der Waals surface area (Å²) in [7, 11) is 3.31. The number of carbonyl (C=O) groups is 1. The molecule has 8 heteroatoms. The van der Waals surface area contributed by atoms with Gasteiger partial charge in [-0.1, -0.05) is 19.9 Å². The van der Waals surface area contributed by atoms with Gasteiger partial charge in [0.25, 0.3) is 0 Å². The lowest BCUT2D eigenvalue weighted by atomic mass is 9.83. The summed E-state index contributed by atoms with van der Waals surface area (Å²) in [6.07, 6.45) is 2.30. The van der Waals surface area contributed by atoms with Crippen LogP contribution >= 0.6 is 12.4 Å². The molecule has 1 aromatic carbocycles. The van der Waals surface area contributed by atoms with E-state index in [1.165, 1.54) is 0 Å². The van der Waals surface area contributed by atoms with Gasteiger partial charge in [-0.3, -0.25) is 4.79 Å². The van der Waals surface area contributed by atoms with Crippen LogP contribution in [-0.4, -0.2) is 68.6 Å². The van der Waals surface area contributed by atoms with E-state index in [2.05, 4.69) is 13.8 Å². The number of hydrogen-bond acceptors (Lipinski definition) is 6. The zero-order valence-corrected chi connectivity index (χ0v) is 21.3. The zero-order chi connectivity index (χ0) is 23.4. The molecular formula is C24H43ClN2O5. The largest absolute Gasteiger partial charge is 0.493 e. The number of methoxy groups -OCH3 is 2. The number of benzene rings is 1. The molecule has 0 radical (unpaired) electrons. The third-order valence-corrected chi connectivity index (χ3v) is 5.68. The molecule has 0 aliphatic carbocycles. The van der Waals surface area contributed by atoms with Crippen molar-refractivity contribution in [2.75, 3.05) is 34.0 Å². The Bertz CT molecular complexity index is 645. The Morgan fingerprint density at radius 2 is 1.81 bits per heavy atom. The Balaban J connectivity index is 0.00000961. The zero-order valence-electron chi connectivity index (χ0n) is 20.5. The number of aliphatic hydroxyl groups excluding tert-OH is 1. The monoisotopic (exact) mass is 474 g/mol. The van der Waals surface area contributed by atoms with Crippen LogP contribution in [0.2, 0.25) is 0 Å². The maximum atomic E-state index is 11.2.